The van der Waals surface area contributed by atoms with Crippen LogP contribution in [0, 0.1) is 17.6 Å². The Balaban J connectivity index is 1.66. The van der Waals surface area contributed by atoms with E-state index in [1.54, 1.807) is 11.8 Å². The van der Waals surface area contributed by atoms with Crippen molar-refractivity contribution in [3.63, 3.8) is 0 Å². The maximum absolute atomic E-state index is 13.0. The van der Waals surface area contributed by atoms with E-state index in [9.17, 15) is 8.78 Å². The van der Waals surface area contributed by atoms with E-state index in [-0.39, 0.29) is 0 Å². The molecule has 90 valence electrons. The number of nitrogens with one attached hydrogen (secondary N) is 1. The highest BCUT2D eigenvalue weighted by atomic mass is 32.2. The fraction of sp³-hybridized carbons (Fsp3) is 0.417. The van der Waals surface area contributed by atoms with Crippen molar-refractivity contribution in [1.82, 2.24) is 0 Å². The van der Waals surface area contributed by atoms with E-state index in [4.69, 9.17) is 0 Å². The standard InChI is InChI=1S/C12H12F2N2S/c13-8-3-9(14)5-10(4-8)16-12-15-6-11(17-12)7-1-2-7/h3-5,7,11H,1-2,6H2,(H,15,16). The highest BCUT2D eigenvalue weighted by Crippen LogP contribution is 2.41. The SMILES string of the molecule is Fc1cc(F)cc(NC2=NCC(C3CC3)S2)c1. The van der Waals surface area contributed by atoms with Crippen molar-refractivity contribution in [1.29, 1.82) is 0 Å². The van der Waals surface area contributed by atoms with Gasteiger partial charge in [-0.05, 0) is 30.9 Å². The molecule has 1 aromatic carbocycles. The van der Waals surface area contributed by atoms with Crippen LogP contribution in [0.1, 0.15) is 12.8 Å². The van der Waals surface area contributed by atoms with Gasteiger partial charge in [0, 0.05) is 17.0 Å². The molecule has 1 unspecified atom stereocenters. The largest absolute Gasteiger partial charge is 0.335 e. The summed E-state index contributed by atoms with van der Waals surface area (Å²) in [5.41, 5.74) is 0.421. The lowest BCUT2D eigenvalue weighted by Crippen LogP contribution is -2.09. The molecule has 1 fully saturated rings. The van der Waals surface area contributed by atoms with Gasteiger partial charge in [0.25, 0.3) is 0 Å². The molecule has 0 saturated heterocycles. The number of thioether (sulfide) groups is 1. The second-order valence-electron chi connectivity index (χ2n) is 4.42. The van der Waals surface area contributed by atoms with E-state index < -0.39 is 11.6 Å². The van der Waals surface area contributed by atoms with E-state index in [1.807, 2.05) is 0 Å². The lowest BCUT2D eigenvalue weighted by molar-refractivity contribution is 0.584. The number of rotatable bonds is 2. The Bertz CT molecular complexity index is 451. The fourth-order valence-electron chi connectivity index (χ4n) is 1.92. The number of halogens is 2. The van der Waals surface area contributed by atoms with Gasteiger partial charge in [0.05, 0.1) is 6.54 Å². The highest BCUT2D eigenvalue weighted by Gasteiger charge is 2.35. The minimum atomic E-state index is -0.574. The van der Waals surface area contributed by atoms with Crippen molar-refractivity contribution in [2.45, 2.75) is 18.1 Å². The van der Waals surface area contributed by atoms with Gasteiger partial charge in [-0.25, -0.2) is 8.78 Å². The molecule has 2 nitrogen and oxygen atoms in total. The molecule has 1 aliphatic heterocycles. The first kappa shape index (κ1) is 11.0. The Hall–Kier alpha value is -1.10. The van der Waals surface area contributed by atoms with Crippen LogP contribution in [0.5, 0.6) is 0 Å². The Kier molecular flexibility index (Phi) is 2.78. The van der Waals surface area contributed by atoms with E-state index in [1.165, 1.54) is 25.0 Å². The summed E-state index contributed by atoms with van der Waals surface area (Å²) in [5, 5.41) is 4.29. The van der Waals surface area contributed by atoms with Gasteiger partial charge in [-0.3, -0.25) is 4.99 Å². The molecule has 1 heterocycles. The van der Waals surface area contributed by atoms with Crippen molar-refractivity contribution >= 4 is 22.6 Å². The average Bonchev–Trinajstić information content (AvgIpc) is 2.99. The van der Waals surface area contributed by atoms with E-state index >= 15 is 0 Å². The molecule has 1 aliphatic carbocycles. The fourth-order valence-corrected chi connectivity index (χ4v) is 3.15. The molecule has 1 N–H and O–H groups in total. The quantitative estimate of drug-likeness (QED) is 0.876. The van der Waals surface area contributed by atoms with Gasteiger partial charge in [0.2, 0.25) is 0 Å². The topological polar surface area (TPSA) is 24.4 Å². The minimum absolute atomic E-state index is 0.421. The van der Waals surface area contributed by atoms with Crippen molar-refractivity contribution in [2.75, 3.05) is 11.9 Å². The molecular weight excluding hydrogens is 242 g/mol. The molecule has 1 saturated carbocycles. The third-order valence-corrected chi connectivity index (χ3v) is 4.23. The second-order valence-corrected chi connectivity index (χ2v) is 5.65. The van der Waals surface area contributed by atoms with Gasteiger partial charge in [0.1, 0.15) is 11.6 Å². The monoisotopic (exact) mass is 254 g/mol. The van der Waals surface area contributed by atoms with Crippen LogP contribution < -0.4 is 5.32 Å². The molecule has 0 bridgehead atoms. The summed E-state index contributed by atoms with van der Waals surface area (Å²) in [6, 6.07) is 3.41. The first-order chi connectivity index (χ1) is 8.20. The second kappa shape index (κ2) is 4.29. The molecule has 17 heavy (non-hydrogen) atoms. The van der Waals surface area contributed by atoms with Crippen LogP contribution in [0.25, 0.3) is 0 Å². The molecule has 5 heteroatoms. The summed E-state index contributed by atoms with van der Waals surface area (Å²) in [5.74, 6) is -0.364. The number of hydrogen-bond acceptors (Lipinski definition) is 3. The zero-order valence-corrected chi connectivity index (χ0v) is 9.94. The molecule has 0 radical (unpaired) electrons. The third-order valence-electron chi connectivity index (χ3n) is 2.94. The first-order valence-electron chi connectivity index (χ1n) is 5.65. The van der Waals surface area contributed by atoms with Gasteiger partial charge >= 0.3 is 0 Å². The zero-order valence-electron chi connectivity index (χ0n) is 9.12. The normalized spacial score (nSPS) is 23.6. The molecule has 0 aromatic heterocycles. The summed E-state index contributed by atoms with van der Waals surface area (Å²) in [6.07, 6.45) is 2.57. The van der Waals surface area contributed by atoms with Crippen molar-refractivity contribution in [2.24, 2.45) is 10.9 Å². The molecule has 0 spiro atoms. The molecule has 3 rings (SSSR count). The average molecular weight is 254 g/mol. The van der Waals surface area contributed by atoms with Crippen molar-refractivity contribution in [3.05, 3.63) is 29.8 Å². The zero-order chi connectivity index (χ0) is 11.8. The number of anilines is 1. The predicted octanol–water partition coefficient (Wildman–Crippen LogP) is 3.26. The number of benzene rings is 1. The Morgan fingerprint density at radius 1 is 1.18 bits per heavy atom. The van der Waals surface area contributed by atoms with E-state index in [2.05, 4.69) is 10.3 Å². The van der Waals surface area contributed by atoms with Crippen LogP contribution in [-0.2, 0) is 0 Å². The van der Waals surface area contributed by atoms with Gasteiger partial charge in [-0.15, -0.1) is 0 Å². The van der Waals surface area contributed by atoms with Crippen molar-refractivity contribution < 1.29 is 8.78 Å². The number of amidine groups is 1. The minimum Gasteiger partial charge on any atom is -0.335 e. The lowest BCUT2D eigenvalue weighted by Gasteiger charge is -2.08. The van der Waals surface area contributed by atoms with Crippen molar-refractivity contribution in [3.8, 4) is 0 Å². The molecule has 0 amide bonds. The summed E-state index contributed by atoms with van der Waals surface area (Å²) < 4.78 is 26.0. The highest BCUT2D eigenvalue weighted by molar-refractivity contribution is 8.15. The Morgan fingerprint density at radius 2 is 1.88 bits per heavy atom. The first-order valence-corrected chi connectivity index (χ1v) is 6.53. The van der Waals surface area contributed by atoms with Crippen LogP contribution in [0.15, 0.2) is 23.2 Å². The summed E-state index contributed by atoms with van der Waals surface area (Å²) >= 11 is 1.68. The summed E-state index contributed by atoms with van der Waals surface area (Å²) in [6.45, 7) is 0.815. The number of aliphatic imine (C=N–C) groups is 1. The van der Waals surface area contributed by atoms with Crippen LogP contribution in [-0.4, -0.2) is 17.0 Å². The Morgan fingerprint density at radius 3 is 2.53 bits per heavy atom. The van der Waals surface area contributed by atoms with E-state index in [0.717, 1.165) is 23.7 Å². The van der Waals surface area contributed by atoms with Crippen LogP contribution in [0.3, 0.4) is 0 Å². The Labute approximate surface area is 103 Å². The third kappa shape index (κ3) is 2.60. The van der Waals surface area contributed by atoms with Crippen LogP contribution in [0.4, 0.5) is 14.5 Å². The maximum atomic E-state index is 13.0. The van der Waals surface area contributed by atoms with Gasteiger partial charge in [-0.1, -0.05) is 11.8 Å². The summed E-state index contributed by atoms with van der Waals surface area (Å²) in [7, 11) is 0. The molecule has 1 aromatic rings. The van der Waals surface area contributed by atoms with Crippen LogP contribution >= 0.6 is 11.8 Å². The van der Waals surface area contributed by atoms with Gasteiger partial charge < -0.3 is 5.32 Å². The predicted molar refractivity (Wildman–Crippen MR) is 66.4 cm³/mol. The van der Waals surface area contributed by atoms with E-state index in [0.29, 0.717) is 10.9 Å². The van der Waals surface area contributed by atoms with Gasteiger partial charge in [-0.2, -0.15) is 0 Å². The molecule has 2 aliphatic rings. The number of hydrogen-bond donors (Lipinski definition) is 1. The molecule has 1 atom stereocenters. The lowest BCUT2D eigenvalue weighted by atomic mass is 10.3. The number of nitrogens with zero attached hydrogens (tertiary/aromatic N) is 1. The summed E-state index contributed by atoms with van der Waals surface area (Å²) in [4.78, 5) is 4.36. The maximum Gasteiger partial charge on any atom is 0.161 e. The van der Waals surface area contributed by atoms with Crippen LogP contribution in [0.2, 0.25) is 0 Å². The smallest absolute Gasteiger partial charge is 0.161 e. The molecular formula is C12H12F2N2S. The van der Waals surface area contributed by atoms with Gasteiger partial charge in [0.15, 0.2) is 5.17 Å².